The second-order valence-corrected chi connectivity index (χ2v) is 2.89. The summed E-state index contributed by atoms with van der Waals surface area (Å²) in [6, 6.07) is 3.14. The second-order valence-electron chi connectivity index (χ2n) is 2.49. The quantitative estimate of drug-likeness (QED) is 0.819. The fraction of sp³-hybridized carbons (Fsp3) is 0.333. The molecule has 2 nitrogen and oxygen atoms in total. The Morgan fingerprint density at radius 2 is 2.23 bits per heavy atom. The Morgan fingerprint density at radius 1 is 1.54 bits per heavy atom. The third kappa shape index (κ3) is 2.11. The summed E-state index contributed by atoms with van der Waals surface area (Å²) in [7, 11) is 0. The summed E-state index contributed by atoms with van der Waals surface area (Å²) in [6.07, 6.45) is 0. The van der Waals surface area contributed by atoms with Crippen molar-refractivity contribution in [2.45, 2.75) is 13.5 Å². The van der Waals surface area contributed by atoms with Gasteiger partial charge in [-0.05, 0) is 13.0 Å². The van der Waals surface area contributed by atoms with Crippen LogP contribution in [-0.4, -0.2) is 6.61 Å². The van der Waals surface area contributed by atoms with Crippen molar-refractivity contribution in [3.63, 3.8) is 0 Å². The number of rotatable bonds is 3. The molecule has 13 heavy (non-hydrogen) atoms. The number of hydrogen-bond donors (Lipinski definition) is 1. The number of ether oxygens (including phenoxy) is 1. The number of nitrogens with two attached hydrogens (primary N) is 1. The van der Waals surface area contributed by atoms with E-state index < -0.39 is 5.82 Å². The first-order valence-electron chi connectivity index (χ1n) is 4.00. The molecule has 1 rings (SSSR count). The molecule has 1 aromatic rings. The average Bonchev–Trinajstić information content (AvgIpc) is 2.12. The van der Waals surface area contributed by atoms with E-state index in [-0.39, 0.29) is 17.3 Å². The summed E-state index contributed by atoms with van der Waals surface area (Å²) in [5.41, 5.74) is 5.74. The first kappa shape index (κ1) is 10.3. The smallest absolute Gasteiger partial charge is 0.173 e. The van der Waals surface area contributed by atoms with E-state index in [0.29, 0.717) is 12.2 Å². The summed E-state index contributed by atoms with van der Waals surface area (Å²) in [4.78, 5) is 0. The predicted molar refractivity (Wildman–Crippen MR) is 50.5 cm³/mol. The first-order chi connectivity index (χ1) is 6.20. The van der Waals surface area contributed by atoms with Gasteiger partial charge in [0.1, 0.15) is 0 Å². The molecule has 0 saturated carbocycles. The van der Waals surface area contributed by atoms with Crippen LogP contribution in [0.1, 0.15) is 12.5 Å². The topological polar surface area (TPSA) is 35.2 Å². The largest absolute Gasteiger partial charge is 0.489 e. The Labute approximate surface area is 81.4 Å². The van der Waals surface area contributed by atoms with Crippen LogP contribution in [0.2, 0.25) is 5.02 Å². The fourth-order valence-corrected chi connectivity index (χ4v) is 1.21. The zero-order chi connectivity index (χ0) is 9.84. The molecule has 0 saturated heterocycles. The van der Waals surface area contributed by atoms with Crippen LogP contribution in [0.4, 0.5) is 4.39 Å². The van der Waals surface area contributed by atoms with E-state index in [1.54, 1.807) is 19.1 Å². The molecular formula is C9H11ClFNO. The molecule has 0 atom stereocenters. The van der Waals surface area contributed by atoms with Crippen LogP contribution in [0.5, 0.6) is 5.75 Å². The minimum Gasteiger partial charge on any atom is -0.489 e. The van der Waals surface area contributed by atoms with Crippen molar-refractivity contribution in [2.75, 3.05) is 6.61 Å². The molecule has 0 aliphatic heterocycles. The van der Waals surface area contributed by atoms with E-state index in [0.717, 1.165) is 0 Å². The van der Waals surface area contributed by atoms with E-state index in [2.05, 4.69) is 0 Å². The van der Waals surface area contributed by atoms with Gasteiger partial charge in [0, 0.05) is 12.1 Å². The molecule has 0 aromatic heterocycles. The van der Waals surface area contributed by atoms with E-state index >= 15 is 0 Å². The Bertz CT molecular complexity index is 304. The second kappa shape index (κ2) is 4.44. The average molecular weight is 204 g/mol. The van der Waals surface area contributed by atoms with Crippen LogP contribution < -0.4 is 10.5 Å². The molecular weight excluding hydrogens is 193 g/mol. The minimum atomic E-state index is -0.461. The van der Waals surface area contributed by atoms with Crippen molar-refractivity contribution in [1.29, 1.82) is 0 Å². The first-order valence-corrected chi connectivity index (χ1v) is 4.38. The van der Waals surface area contributed by atoms with Gasteiger partial charge in [-0.2, -0.15) is 0 Å². The van der Waals surface area contributed by atoms with Crippen molar-refractivity contribution in [2.24, 2.45) is 5.73 Å². The van der Waals surface area contributed by atoms with E-state index in [1.807, 2.05) is 0 Å². The van der Waals surface area contributed by atoms with Crippen molar-refractivity contribution < 1.29 is 9.13 Å². The van der Waals surface area contributed by atoms with Crippen LogP contribution in [-0.2, 0) is 6.54 Å². The third-order valence-electron chi connectivity index (χ3n) is 1.64. The van der Waals surface area contributed by atoms with Gasteiger partial charge >= 0.3 is 0 Å². The van der Waals surface area contributed by atoms with Gasteiger partial charge in [-0.25, -0.2) is 4.39 Å². The summed E-state index contributed by atoms with van der Waals surface area (Å²) in [5, 5.41) is 0.275. The van der Waals surface area contributed by atoms with Crippen molar-refractivity contribution in [3.8, 4) is 5.75 Å². The SMILES string of the molecule is CCOc1c(Cl)ccc(CN)c1F. The van der Waals surface area contributed by atoms with E-state index in [1.165, 1.54) is 0 Å². The van der Waals surface area contributed by atoms with Crippen molar-refractivity contribution >= 4 is 11.6 Å². The Kier molecular flexibility index (Phi) is 3.51. The molecule has 0 heterocycles. The molecule has 0 aliphatic carbocycles. The summed E-state index contributed by atoms with van der Waals surface area (Å²) < 4.78 is 18.5. The van der Waals surface area contributed by atoms with Gasteiger partial charge in [0.25, 0.3) is 0 Å². The summed E-state index contributed by atoms with van der Waals surface area (Å²) in [6.45, 7) is 2.29. The molecule has 4 heteroatoms. The lowest BCUT2D eigenvalue weighted by atomic mass is 10.2. The van der Waals surface area contributed by atoms with Gasteiger partial charge in [-0.15, -0.1) is 0 Å². The van der Waals surface area contributed by atoms with Gasteiger partial charge < -0.3 is 10.5 Å². The Balaban J connectivity index is 3.13. The van der Waals surface area contributed by atoms with Crippen LogP contribution in [0.3, 0.4) is 0 Å². The van der Waals surface area contributed by atoms with Gasteiger partial charge in [0.05, 0.1) is 11.6 Å². The maximum atomic E-state index is 13.4. The highest BCUT2D eigenvalue weighted by Gasteiger charge is 2.11. The van der Waals surface area contributed by atoms with E-state index in [9.17, 15) is 4.39 Å². The zero-order valence-corrected chi connectivity index (χ0v) is 8.07. The number of benzene rings is 1. The lowest BCUT2D eigenvalue weighted by molar-refractivity contribution is 0.320. The lowest BCUT2D eigenvalue weighted by Crippen LogP contribution is -2.03. The van der Waals surface area contributed by atoms with E-state index in [4.69, 9.17) is 22.1 Å². The molecule has 72 valence electrons. The Hall–Kier alpha value is -0.800. The van der Waals surface area contributed by atoms with Crippen LogP contribution in [0.15, 0.2) is 12.1 Å². The lowest BCUT2D eigenvalue weighted by Gasteiger charge is -2.09. The maximum absolute atomic E-state index is 13.4. The summed E-state index contributed by atoms with van der Waals surface area (Å²) in [5.74, 6) is -0.371. The molecule has 2 N–H and O–H groups in total. The third-order valence-corrected chi connectivity index (χ3v) is 1.94. The predicted octanol–water partition coefficient (Wildman–Crippen LogP) is 2.34. The van der Waals surface area contributed by atoms with Crippen LogP contribution in [0, 0.1) is 5.82 Å². The molecule has 0 bridgehead atoms. The standard InChI is InChI=1S/C9H11ClFNO/c1-2-13-9-7(10)4-3-6(5-12)8(9)11/h3-4H,2,5,12H2,1H3. The highest BCUT2D eigenvalue weighted by molar-refractivity contribution is 6.32. The highest BCUT2D eigenvalue weighted by Crippen LogP contribution is 2.29. The molecule has 0 spiro atoms. The van der Waals surface area contributed by atoms with Crippen molar-refractivity contribution in [1.82, 2.24) is 0 Å². The number of hydrogen-bond acceptors (Lipinski definition) is 2. The van der Waals surface area contributed by atoms with Crippen LogP contribution in [0.25, 0.3) is 0 Å². The highest BCUT2D eigenvalue weighted by atomic mass is 35.5. The van der Waals surface area contributed by atoms with Crippen molar-refractivity contribution in [3.05, 3.63) is 28.5 Å². The van der Waals surface area contributed by atoms with Crippen LogP contribution >= 0.6 is 11.6 Å². The fourth-order valence-electron chi connectivity index (χ4n) is 1.01. The number of halogens is 2. The molecule has 0 amide bonds. The van der Waals surface area contributed by atoms with Gasteiger partial charge in [-0.1, -0.05) is 17.7 Å². The summed E-state index contributed by atoms with van der Waals surface area (Å²) >= 11 is 5.73. The molecule has 0 fully saturated rings. The Morgan fingerprint density at radius 3 is 2.77 bits per heavy atom. The zero-order valence-electron chi connectivity index (χ0n) is 7.31. The molecule has 1 aromatic carbocycles. The molecule has 0 aliphatic rings. The van der Waals surface area contributed by atoms with Gasteiger partial charge in [0.15, 0.2) is 11.6 Å². The van der Waals surface area contributed by atoms with Gasteiger partial charge in [0.2, 0.25) is 0 Å². The minimum absolute atomic E-state index is 0.0899. The molecule has 0 radical (unpaired) electrons. The maximum Gasteiger partial charge on any atom is 0.173 e. The molecule has 0 unspecified atom stereocenters. The normalized spacial score (nSPS) is 10.2. The van der Waals surface area contributed by atoms with Gasteiger partial charge in [-0.3, -0.25) is 0 Å². The monoisotopic (exact) mass is 203 g/mol.